The smallest absolute Gasteiger partial charge is 0.329 e. The Balaban J connectivity index is 1.26. The number of fused-ring (bicyclic) bond motifs is 1. The van der Waals surface area contributed by atoms with E-state index in [0.717, 1.165) is 42.5 Å². The molecule has 1 amide bonds. The van der Waals surface area contributed by atoms with Crippen LogP contribution in [0, 0.1) is 11.7 Å². The van der Waals surface area contributed by atoms with Crippen molar-refractivity contribution in [2.45, 2.75) is 25.9 Å². The van der Waals surface area contributed by atoms with Gasteiger partial charge in [0, 0.05) is 30.1 Å². The van der Waals surface area contributed by atoms with Gasteiger partial charge in [-0.05, 0) is 80.0 Å². The normalized spacial score (nSPS) is 14.7. The molecule has 1 aliphatic heterocycles. The molecule has 37 heavy (non-hydrogen) atoms. The van der Waals surface area contributed by atoms with E-state index in [1.165, 1.54) is 12.1 Å². The van der Waals surface area contributed by atoms with Crippen molar-refractivity contribution in [2.24, 2.45) is 11.7 Å². The lowest BCUT2D eigenvalue weighted by molar-refractivity contribution is 0.0837. The number of rotatable bonds is 8. The number of nitrogens with zero attached hydrogens (tertiary/aromatic N) is 3. The average molecular weight is 501 g/mol. The molecule has 0 bridgehead atoms. The number of hydrogen-bond donors (Lipinski definition) is 1. The fraction of sp³-hybridized carbons (Fsp3) is 0.276. The number of para-hydroxylation sites is 2. The summed E-state index contributed by atoms with van der Waals surface area (Å²) in [5.74, 6) is -0.816. The number of primary amides is 1. The number of hydrogen-bond acceptors (Lipinski definition) is 4. The first-order valence-electron chi connectivity index (χ1n) is 12.5. The van der Waals surface area contributed by atoms with Crippen LogP contribution >= 0.6 is 0 Å². The Morgan fingerprint density at radius 2 is 1.41 bits per heavy atom. The van der Waals surface area contributed by atoms with Gasteiger partial charge >= 0.3 is 5.69 Å². The standard InChI is InChI=1S/C29H29FN4O3/c30-24-11-9-21(10-12-24)27(35)22-13-15-32(16-14-22)17-18-33-25-3-1-2-4-26(25)34(29(33)37)19-20-5-7-23(8-6-20)28(31)36/h1-12,22H,13-19H2,(H2,31,36). The van der Waals surface area contributed by atoms with Crippen molar-refractivity contribution in [3.8, 4) is 0 Å². The van der Waals surface area contributed by atoms with Crippen LogP contribution in [0.15, 0.2) is 77.6 Å². The molecule has 1 aliphatic rings. The average Bonchev–Trinajstić information content (AvgIpc) is 3.18. The lowest BCUT2D eigenvalue weighted by Gasteiger charge is -2.31. The van der Waals surface area contributed by atoms with Crippen LogP contribution in [0.25, 0.3) is 11.0 Å². The maximum atomic E-state index is 13.4. The number of halogens is 1. The van der Waals surface area contributed by atoms with Gasteiger partial charge in [0.2, 0.25) is 5.91 Å². The molecule has 190 valence electrons. The Bertz CT molecular complexity index is 1480. The highest BCUT2D eigenvalue weighted by molar-refractivity contribution is 5.97. The molecule has 1 saturated heterocycles. The highest BCUT2D eigenvalue weighted by Crippen LogP contribution is 2.22. The van der Waals surface area contributed by atoms with Gasteiger partial charge in [0.1, 0.15) is 5.82 Å². The molecule has 0 aliphatic carbocycles. The van der Waals surface area contributed by atoms with Crippen molar-refractivity contribution in [1.29, 1.82) is 0 Å². The highest BCUT2D eigenvalue weighted by atomic mass is 19.1. The Morgan fingerprint density at radius 1 is 0.811 bits per heavy atom. The summed E-state index contributed by atoms with van der Waals surface area (Å²) in [6, 6.07) is 20.5. The zero-order chi connectivity index (χ0) is 25.9. The number of ketones is 1. The Morgan fingerprint density at radius 3 is 2.03 bits per heavy atom. The van der Waals surface area contributed by atoms with Crippen molar-refractivity contribution >= 4 is 22.7 Å². The number of carbonyl (C=O) groups is 2. The fourth-order valence-corrected chi connectivity index (χ4v) is 5.11. The fourth-order valence-electron chi connectivity index (χ4n) is 5.11. The van der Waals surface area contributed by atoms with E-state index in [1.807, 2.05) is 41.0 Å². The number of benzene rings is 3. The van der Waals surface area contributed by atoms with Gasteiger partial charge < -0.3 is 10.6 Å². The predicted octanol–water partition coefficient (Wildman–Crippen LogP) is 3.68. The van der Waals surface area contributed by atoms with Crippen molar-refractivity contribution < 1.29 is 14.0 Å². The Hall–Kier alpha value is -4.04. The van der Waals surface area contributed by atoms with E-state index >= 15 is 0 Å². The van der Waals surface area contributed by atoms with Gasteiger partial charge in [-0.25, -0.2) is 9.18 Å². The summed E-state index contributed by atoms with van der Waals surface area (Å²) in [7, 11) is 0. The van der Waals surface area contributed by atoms with E-state index < -0.39 is 5.91 Å². The molecular weight excluding hydrogens is 471 g/mol. The first kappa shape index (κ1) is 24.6. The number of amides is 1. The lowest BCUT2D eigenvalue weighted by Crippen LogP contribution is -2.39. The second-order valence-electron chi connectivity index (χ2n) is 9.56. The molecule has 5 rings (SSSR count). The second kappa shape index (κ2) is 10.5. The minimum Gasteiger partial charge on any atom is -0.366 e. The van der Waals surface area contributed by atoms with E-state index in [2.05, 4.69) is 4.90 Å². The number of Topliss-reactive ketones (excluding diaryl/α,β-unsaturated/α-hetero) is 1. The number of carbonyl (C=O) groups excluding carboxylic acids is 2. The number of likely N-dealkylation sites (tertiary alicyclic amines) is 1. The third kappa shape index (κ3) is 5.24. The van der Waals surface area contributed by atoms with Crippen molar-refractivity contribution in [2.75, 3.05) is 19.6 Å². The number of nitrogens with two attached hydrogens (primary N) is 1. The van der Waals surface area contributed by atoms with Gasteiger partial charge in [0.05, 0.1) is 17.6 Å². The van der Waals surface area contributed by atoms with E-state index in [9.17, 15) is 18.8 Å². The van der Waals surface area contributed by atoms with Gasteiger partial charge in [-0.15, -0.1) is 0 Å². The Labute approximate surface area is 213 Å². The minimum absolute atomic E-state index is 0.0627. The zero-order valence-electron chi connectivity index (χ0n) is 20.5. The van der Waals surface area contributed by atoms with Gasteiger partial charge in [-0.2, -0.15) is 0 Å². The molecule has 3 aromatic carbocycles. The molecular formula is C29H29FN4O3. The molecule has 2 heterocycles. The van der Waals surface area contributed by atoms with Crippen LogP contribution in [0.2, 0.25) is 0 Å². The molecule has 0 spiro atoms. The van der Waals surface area contributed by atoms with Gasteiger partial charge in [0.25, 0.3) is 0 Å². The van der Waals surface area contributed by atoms with Crippen molar-refractivity contribution in [1.82, 2.24) is 14.0 Å². The van der Waals surface area contributed by atoms with E-state index in [-0.39, 0.29) is 23.2 Å². The second-order valence-corrected chi connectivity index (χ2v) is 9.56. The van der Waals surface area contributed by atoms with Crippen LogP contribution in [0.3, 0.4) is 0 Å². The predicted molar refractivity (Wildman–Crippen MR) is 140 cm³/mol. The van der Waals surface area contributed by atoms with E-state index in [4.69, 9.17) is 5.73 Å². The summed E-state index contributed by atoms with van der Waals surface area (Å²) in [4.78, 5) is 39.9. The SMILES string of the molecule is NC(=O)c1ccc(Cn2c(=O)n(CCN3CCC(C(=O)c4ccc(F)cc4)CC3)c3ccccc32)cc1. The largest absolute Gasteiger partial charge is 0.366 e. The first-order valence-corrected chi connectivity index (χ1v) is 12.5. The minimum atomic E-state index is -0.482. The van der Waals surface area contributed by atoms with Crippen molar-refractivity contribution in [3.63, 3.8) is 0 Å². The lowest BCUT2D eigenvalue weighted by atomic mass is 9.89. The molecule has 1 aromatic heterocycles. The topological polar surface area (TPSA) is 90.3 Å². The molecule has 0 unspecified atom stereocenters. The molecule has 0 atom stereocenters. The molecule has 0 saturated carbocycles. The maximum absolute atomic E-state index is 13.4. The third-order valence-electron chi connectivity index (χ3n) is 7.23. The van der Waals surface area contributed by atoms with Crippen LogP contribution < -0.4 is 11.4 Å². The highest BCUT2D eigenvalue weighted by Gasteiger charge is 2.26. The van der Waals surface area contributed by atoms with Crippen molar-refractivity contribution in [3.05, 3.63) is 106 Å². The third-order valence-corrected chi connectivity index (χ3v) is 7.23. The molecule has 0 radical (unpaired) electrons. The van der Waals surface area contributed by atoms with E-state index in [1.54, 1.807) is 28.8 Å². The van der Waals surface area contributed by atoms with Crippen LogP contribution in [-0.2, 0) is 13.1 Å². The summed E-state index contributed by atoms with van der Waals surface area (Å²) >= 11 is 0. The molecule has 4 aromatic rings. The quantitative estimate of drug-likeness (QED) is 0.374. The van der Waals surface area contributed by atoms with Gasteiger partial charge in [-0.3, -0.25) is 18.7 Å². The van der Waals surface area contributed by atoms with Gasteiger partial charge in [0.15, 0.2) is 5.78 Å². The van der Waals surface area contributed by atoms with Crippen LogP contribution in [0.5, 0.6) is 0 Å². The molecule has 8 heteroatoms. The molecule has 7 nitrogen and oxygen atoms in total. The number of aromatic nitrogens is 2. The van der Waals surface area contributed by atoms with E-state index in [0.29, 0.717) is 30.8 Å². The van der Waals surface area contributed by atoms with Crippen LogP contribution in [-0.4, -0.2) is 45.4 Å². The molecule has 1 fully saturated rings. The summed E-state index contributed by atoms with van der Waals surface area (Å²) in [5.41, 5.74) is 8.88. The summed E-state index contributed by atoms with van der Waals surface area (Å²) in [6.07, 6.45) is 1.49. The first-order chi connectivity index (χ1) is 17.9. The zero-order valence-corrected chi connectivity index (χ0v) is 20.5. The molecule has 2 N–H and O–H groups in total. The van der Waals surface area contributed by atoms with Crippen LogP contribution in [0.1, 0.15) is 39.1 Å². The number of imidazole rings is 1. The monoisotopic (exact) mass is 500 g/mol. The summed E-state index contributed by atoms with van der Waals surface area (Å²) in [6.45, 7) is 3.19. The number of piperidine rings is 1. The summed E-state index contributed by atoms with van der Waals surface area (Å²) in [5, 5.41) is 0. The van der Waals surface area contributed by atoms with Gasteiger partial charge in [-0.1, -0.05) is 24.3 Å². The Kier molecular flexibility index (Phi) is 7.01. The van der Waals surface area contributed by atoms with Crippen LogP contribution in [0.4, 0.5) is 4.39 Å². The summed E-state index contributed by atoms with van der Waals surface area (Å²) < 4.78 is 16.7. The maximum Gasteiger partial charge on any atom is 0.329 e.